The maximum absolute atomic E-state index is 14.0. The van der Waals surface area contributed by atoms with Gasteiger partial charge in [0, 0.05) is 11.6 Å². The van der Waals surface area contributed by atoms with Crippen molar-refractivity contribution < 1.29 is 28.6 Å². The smallest absolute Gasteiger partial charge is 0.305 e. The fourth-order valence-corrected chi connectivity index (χ4v) is 2.69. The van der Waals surface area contributed by atoms with Crippen LogP contribution in [0.25, 0.3) is 5.69 Å². The van der Waals surface area contributed by atoms with Gasteiger partial charge in [-0.1, -0.05) is 30.3 Å². The molecule has 3 aromatic rings. The van der Waals surface area contributed by atoms with Gasteiger partial charge in [-0.3, -0.25) is 9.59 Å². The van der Waals surface area contributed by atoms with Crippen molar-refractivity contribution in [2.75, 3.05) is 0 Å². The third-order valence-corrected chi connectivity index (χ3v) is 3.97. The molecule has 1 amide bonds. The number of carbonyl (C=O) groups excluding carboxylic acids is 1. The highest BCUT2D eigenvalue weighted by Gasteiger charge is 2.24. The number of aromatic hydroxyl groups is 1. The Bertz CT molecular complexity index is 1040. The molecule has 3 N–H and O–H groups in total. The van der Waals surface area contributed by atoms with Gasteiger partial charge in [-0.15, -0.1) is 0 Å². The number of benzene rings is 2. The minimum Gasteiger partial charge on any atom is -0.493 e. The van der Waals surface area contributed by atoms with Crippen LogP contribution in [0.5, 0.6) is 5.88 Å². The number of para-hydroxylation sites is 1. The molecule has 0 fully saturated rings. The Labute approximate surface area is 157 Å². The van der Waals surface area contributed by atoms with Gasteiger partial charge in [-0.05, 0) is 18.2 Å². The number of hydrogen-bond acceptors (Lipinski definition) is 4. The second-order valence-electron chi connectivity index (χ2n) is 5.90. The predicted molar refractivity (Wildman–Crippen MR) is 94.0 cm³/mol. The molecule has 0 unspecified atom stereocenters. The predicted octanol–water partition coefficient (Wildman–Crippen LogP) is 2.80. The van der Waals surface area contributed by atoms with Crippen LogP contribution in [0.15, 0.2) is 54.6 Å². The van der Waals surface area contributed by atoms with E-state index in [1.165, 1.54) is 36.4 Å². The number of rotatable bonds is 6. The van der Waals surface area contributed by atoms with Crippen molar-refractivity contribution in [1.29, 1.82) is 0 Å². The summed E-state index contributed by atoms with van der Waals surface area (Å²) in [5.74, 6) is -3.92. The third-order valence-electron chi connectivity index (χ3n) is 3.97. The van der Waals surface area contributed by atoms with E-state index in [1.54, 1.807) is 0 Å². The Morgan fingerprint density at radius 1 is 1.07 bits per heavy atom. The van der Waals surface area contributed by atoms with Gasteiger partial charge >= 0.3 is 5.97 Å². The van der Waals surface area contributed by atoms with Crippen LogP contribution in [-0.2, 0) is 4.79 Å². The Kier molecular flexibility index (Phi) is 5.35. The molecule has 7 nitrogen and oxygen atoms in total. The van der Waals surface area contributed by atoms with Gasteiger partial charge in [0.15, 0.2) is 5.69 Å². The molecular formula is C19H15F2N3O4. The van der Waals surface area contributed by atoms with Crippen molar-refractivity contribution in [3.8, 4) is 11.6 Å². The van der Waals surface area contributed by atoms with Crippen molar-refractivity contribution in [3.05, 3.63) is 77.5 Å². The number of hydrogen-bond donors (Lipinski definition) is 3. The summed E-state index contributed by atoms with van der Waals surface area (Å²) in [6, 6.07) is 10.8. The highest BCUT2D eigenvalue weighted by Crippen LogP contribution is 2.23. The number of carboxylic acid groups (broad SMARTS) is 1. The number of amides is 1. The lowest BCUT2D eigenvalue weighted by molar-refractivity contribution is -0.137. The number of nitrogens with zero attached hydrogens (tertiary/aromatic N) is 2. The number of carboxylic acids is 1. The lowest BCUT2D eigenvalue weighted by atomic mass is 10.0. The van der Waals surface area contributed by atoms with Crippen molar-refractivity contribution in [2.24, 2.45) is 0 Å². The molecule has 0 aliphatic rings. The molecule has 28 heavy (non-hydrogen) atoms. The van der Waals surface area contributed by atoms with Gasteiger partial charge in [0.25, 0.3) is 5.91 Å². The number of nitrogens with one attached hydrogen (secondary N) is 1. The van der Waals surface area contributed by atoms with E-state index in [9.17, 15) is 23.5 Å². The molecule has 0 radical (unpaired) electrons. The molecule has 0 aliphatic heterocycles. The Morgan fingerprint density at radius 2 is 1.71 bits per heavy atom. The highest BCUT2D eigenvalue weighted by molar-refractivity contribution is 5.93. The first kappa shape index (κ1) is 19.0. The van der Waals surface area contributed by atoms with E-state index in [0.717, 1.165) is 22.9 Å². The first-order valence-electron chi connectivity index (χ1n) is 8.18. The van der Waals surface area contributed by atoms with E-state index in [2.05, 4.69) is 10.4 Å². The molecule has 9 heteroatoms. The van der Waals surface area contributed by atoms with Gasteiger partial charge in [0.1, 0.15) is 17.3 Å². The van der Waals surface area contributed by atoms with Gasteiger partial charge in [0.05, 0.1) is 12.5 Å². The van der Waals surface area contributed by atoms with Crippen molar-refractivity contribution in [1.82, 2.24) is 15.1 Å². The zero-order chi connectivity index (χ0) is 20.3. The molecular weight excluding hydrogens is 372 g/mol. The summed E-state index contributed by atoms with van der Waals surface area (Å²) in [4.78, 5) is 23.6. The maximum atomic E-state index is 14.0. The van der Waals surface area contributed by atoms with Gasteiger partial charge in [-0.2, -0.15) is 9.78 Å². The van der Waals surface area contributed by atoms with Crippen LogP contribution in [0.2, 0.25) is 0 Å². The number of halogens is 2. The fraction of sp³-hybridized carbons (Fsp3) is 0.105. The van der Waals surface area contributed by atoms with Crippen LogP contribution in [0, 0.1) is 11.6 Å². The molecule has 0 saturated carbocycles. The standard InChI is InChI=1S/C19H15F2N3O4/c20-12-6-2-1-5-11(12)14(10-18(26)27)22-19(28)15-9-17(25)24(23-15)16-8-4-3-7-13(16)21/h1-9,14,25H,10H2,(H,22,28)(H,26,27)/t14-/m0/s1. The summed E-state index contributed by atoms with van der Waals surface area (Å²) in [6.07, 6.45) is -0.563. The zero-order valence-corrected chi connectivity index (χ0v) is 14.3. The summed E-state index contributed by atoms with van der Waals surface area (Å²) in [5, 5.41) is 25.3. The second kappa shape index (κ2) is 7.87. The molecule has 2 aromatic carbocycles. The highest BCUT2D eigenvalue weighted by atomic mass is 19.1. The number of carbonyl (C=O) groups is 2. The molecule has 0 bridgehead atoms. The summed E-state index contributed by atoms with van der Waals surface area (Å²) < 4.78 is 28.8. The third kappa shape index (κ3) is 3.98. The molecule has 0 aliphatic carbocycles. The van der Waals surface area contributed by atoms with E-state index in [-0.39, 0.29) is 16.9 Å². The van der Waals surface area contributed by atoms with E-state index >= 15 is 0 Å². The van der Waals surface area contributed by atoms with Crippen LogP contribution < -0.4 is 5.32 Å². The Balaban J connectivity index is 1.89. The zero-order valence-electron chi connectivity index (χ0n) is 14.3. The number of aliphatic carboxylic acids is 1. The van der Waals surface area contributed by atoms with Crippen LogP contribution in [0.1, 0.15) is 28.5 Å². The summed E-state index contributed by atoms with van der Waals surface area (Å²) in [7, 11) is 0. The van der Waals surface area contributed by atoms with Crippen molar-refractivity contribution >= 4 is 11.9 Å². The first-order chi connectivity index (χ1) is 13.4. The topological polar surface area (TPSA) is 104 Å². The molecule has 1 aromatic heterocycles. The monoisotopic (exact) mass is 387 g/mol. The lowest BCUT2D eigenvalue weighted by Gasteiger charge is -2.17. The van der Waals surface area contributed by atoms with Crippen LogP contribution >= 0.6 is 0 Å². The van der Waals surface area contributed by atoms with Crippen LogP contribution in [0.4, 0.5) is 8.78 Å². The SMILES string of the molecule is O=C(O)C[C@H](NC(=O)c1cc(O)n(-c2ccccc2F)n1)c1ccccc1F. The largest absolute Gasteiger partial charge is 0.493 e. The molecule has 0 saturated heterocycles. The van der Waals surface area contributed by atoms with Gasteiger partial charge in [0.2, 0.25) is 5.88 Å². The van der Waals surface area contributed by atoms with Crippen molar-refractivity contribution in [3.63, 3.8) is 0 Å². The summed E-state index contributed by atoms with van der Waals surface area (Å²) >= 11 is 0. The summed E-state index contributed by atoms with van der Waals surface area (Å²) in [5.41, 5.74) is -0.362. The van der Waals surface area contributed by atoms with Gasteiger partial charge < -0.3 is 15.5 Å². The fourth-order valence-electron chi connectivity index (χ4n) is 2.69. The molecule has 1 heterocycles. The average molecular weight is 387 g/mol. The Morgan fingerprint density at radius 3 is 2.36 bits per heavy atom. The normalized spacial score (nSPS) is 11.8. The van der Waals surface area contributed by atoms with Crippen LogP contribution in [0.3, 0.4) is 0 Å². The van der Waals surface area contributed by atoms with Crippen LogP contribution in [-0.4, -0.2) is 31.9 Å². The second-order valence-corrected chi connectivity index (χ2v) is 5.90. The molecule has 3 rings (SSSR count). The van der Waals surface area contributed by atoms with Crippen molar-refractivity contribution in [2.45, 2.75) is 12.5 Å². The Hall–Kier alpha value is -3.75. The molecule has 1 atom stereocenters. The van der Waals surface area contributed by atoms with Gasteiger partial charge in [-0.25, -0.2) is 8.78 Å². The molecule has 144 valence electrons. The first-order valence-corrected chi connectivity index (χ1v) is 8.18. The summed E-state index contributed by atoms with van der Waals surface area (Å²) in [6.45, 7) is 0. The molecule has 0 spiro atoms. The van der Waals surface area contributed by atoms with E-state index in [0.29, 0.717) is 0 Å². The number of aromatic nitrogens is 2. The van der Waals surface area contributed by atoms with E-state index in [1.807, 2.05) is 0 Å². The van der Waals surface area contributed by atoms with E-state index < -0.39 is 41.9 Å². The minimum atomic E-state index is -1.24. The minimum absolute atomic E-state index is 0.00370. The van der Waals surface area contributed by atoms with E-state index in [4.69, 9.17) is 5.11 Å². The average Bonchev–Trinajstić information content (AvgIpc) is 3.03. The lowest BCUT2D eigenvalue weighted by Crippen LogP contribution is -2.31. The maximum Gasteiger partial charge on any atom is 0.305 e. The quantitative estimate of drug-likeness (QED) is 0.603.